The van der Waals surface area contributed by atoms with Crippen LogP contribution in [-0.2, 0) is 4.74 Å². The van der Waals surface area contributed by atoms with Crippen molar-refractivity contribution in [1.82, 2.24) is 0 Å². The molecule has 4 unspecified atom stereocenters. The third-order valence-corrected chi connectivity index (χ3v) is 5.35. The molecule has 0 amide bonds. The summed E-state index contributed by atoms with van der Waals surface area (Å²) in [7, 11) is 0. The number of fused-ring (bicyclic) bond motifs is 1. The van der Waals surface area contributed by atoms with Crippen molar-refractivity contribution in [3.05, 3.63) is 5.32 Å². The van der Waals surface area contributed by atoms with Crippen molar-refractivity contribution in [3.63, 3.8) is 0 Å². The third-order valence-electron chi connectivity index (χ3n) is 5.35. The number of hydrogen-bond donors (Lipinski definition) is 1. The van der Waals surface area contributed by atoms with Gasteiger partial charge in [0.2, 0.25) is 0 Å². The maximum atomic E-state index is 10.1. The van der Waals surface area contributed by atoms with E-state index in [1.54, 1.807) is 0 Å². The van der Waals surface area contributed by atoms with Crippen molar-refractivity contribution in [2.75, 3.05) is 13.2 Å². The summed E-state index contributed by atoms with van der Waals surface area (Å²) in [6, 6.07) is 0.343. The van der Waals surface area contributed by atoms with Gasteiger partial charge in [-0.2, -0.15) is 0 Å². The van der Waals surface area contributed by atoms with Crippen LogP contribution in [0, 0.1) is 11.8 Å². The van der Waals surface area contributed by atoms with E-state index in [4.69, 9.17) is 10.1 Å². The molecule has 2 saturated carbocycles. The van der Waals surface area contributed by atoms with Crippen LogP contribution in [0.1, 0.15) is 57.8 Å². The van der Waals surface area contributed by atoms with Crippen LogP contribution in [0.2, 0.25) is 0 Å². The summed E-state index contributed by atoms with van der Waals surface area (Å²) in [4.78, 5) is 0. The maximum absolute atomic E-state index is 10.1. The molecule has 0 radical (unpaired) electrons. The molecule has 3 aliphatic rings. The zero-order valence-electron chi connectivity index (χ0n) is 13.0. The van der Waals surface area contributed by atoms with Crippen molar-refractivity contribution in [2.45, 2.75) is 76.0 Å². The number of hydrogen-bond acceptors (Lipinski definition) is 2. The SMILES string of the molecule is OC1CCCC2OCC([N-]CC3CCCCC3)CC12.[Rb+]. The molecule has 1 heterocycles. The van der Waals surface area contributed by atoms with Gasteiger partial charge in [0, 0.05) is 12.5 Å². The zero-order valence-corrected chi connectivity index (χ0v) is 17.9. The van der Waals surface area contributed by atoms with Gasteiger partial charge in [0.1, 0.15) is 0 Å². The Labute approximate surface area is 172 Å². The van der Waals surface area contributed by atoms with Gasteiger partial charge in [0.05, 0.1) is 12.2 Å². The molecule has 0 aromatic rings. The van der Waals surface area contributed by atoms with Crippen LogP contribution in [0.3, 0.4) is 0 Å². The summed E-state index contributed by atoms with van der Waals surface area (Å²) in [6.45, 7) is 1.82. The van der Waals surface area contributed by atoms with Gasteiger partial charge in [-0.3, -0.25) is 0 Å². The summed E-state index contributed by atoms with van der Waals surface area (Å²) in [5.74, 6) is 1.17. The maximum Gasteiger partial charge on any atom is 1.00 e. The second kappa shape index (κ2) is 9.10. The standard InChI is InChI=1S/C16H28NO2.Rb/c18-15-7-4-8-16-14(15)9-13(11-19-16)17-10-12-5-2-1-3-6-12;/h12-16,18H,1-11H2;/q-1;+1. The number of aliphatic hydroxyl groups excluding tert-OH is 1. The van der Waals surface area contributed by atoms with E-state index in [1.807, 2.05) is 0 Å². The van der Waals surface area contributed by atoms with Gasteiger partial charge >= 0.3 is 58.2 Å². The third kappa shape index (κ3) is 4.84. The van der Waals surface area contributed by atoms with Crippen LogP contribution >= 0.6 is 0 Å². The first-order valence-electron chi connectivity index (χ1n) is 8.29. The summed E-state index contributed by atoms with van der Waals surface area (Å²) in [5.41, 5.74) is 0. The van der Waals surface area contributed by atoms with Gasteiger partial charge in [-0.05, 0) is 19.3 Å². The van der Waals surface area contributed by atoms with E-state index in [-0.39, 0.29) is 64.3 Å². The van der Waals surface area contributed by atoms with E-state index >= 15 is 0 Å². The topological polar surface area (TPSA) is 43.6 Å². The van der Waals surface area contributed by atoms with Crippen molar-refractivity contribution in [1.29, 1.82) is 0 Å². The van der Waals surface area contributed by atoms with Crippen LogP contribution < -0.4 is 58.2 Å². The summed E-state index contributed by atoms with van der Waals surface area (Å²) < 4.78 is 5.95. The van der Waals surface area contributed by atoms with Crippen LogP contribution in [0.4, 0.5) is 0 Å². The van der Waals surface area contributed by atoms with Gasteiger partial charge in [0.15, 0.2) is 0 Å². The van der Waals surface area contributed by atoms with E-state index < -0.39 is 0 Å². The molecule has 0 aromatic carbocycles. The zero-order chi connectivity index (χ0) is 13.1. The van der Waals surface area contributed by atoms with Crippen molar-refractivity contribution in [2.24, 2.45) is 11.8 Å². The van der Waals surface area contributed by atoms with E-state index in [9.17, 15) is 5.11 Å². The van der Waals surface area contributed by atoms with Crippen LogP contribution in [0.25, 0.3) is 5.32 Å². The van der Waals surface area contributed by atoms with Gasteiger partial charge in [-0.15, -0.1) is 12.6 Å². The van der Waals surface area contributed by atoms with Crippen LogP contribution in [0.15, 0.2) is 0 Å². The number of nitrogens with zero attached hydrogens (tertiary/aromatic N) is 1. The Morgan fingerprint density at radius 2 is 1.80 bits per heavy atom. The first-order valence-corrected chi connectivity index (χ1v) is 8.29. The molecule has 110 valence electrons. The predicted octanol–water partition coefficient (Wildman–Crippen LogP) is 0.263. The molecule has 3 fully saturated rings. The number of aliphatic hydroxyl groups is 1. The molecule has 3 nitrogen and oxygen atoms in total. The summed E-state index contributed by atoms with van der Waals surface area (Å²) in [6.07, 6.45) is 11.4. The fourth-order valence-electron chi connectivity index (χ4n) is 4.13. The molecule has 4 heteroatoms. The molecule has 2 aliphatic carbocycles. The van der Waals surface area contributed by atoms with Crippen molar-refractivity contribution in [3.8, 4) is 0 Å². The second-order valence-electron chi connectivity index (χ2n) is 6.79. The Hall–Kier alpha value is 1.69. The smallest absolute Gasteiger partial charge is 0.657 e. The predicted molar refractivity (Wildman–Crippen MR) is 76.3 cm³/mol. The molecule has 1 saturated heterocycles. The normalized spacial score (nSPS) is 38.9. The first-order chi connectivity index (χ1) is 9.33. The molecule has 1 N–H and O–H groups in total. The molecular weight excluding hydrogens is 324 g/mol. The monoisotopic (exact) mass is 351 g/mol. The molecule has 0 aromatic heterocycles. The minimum absolute atomic E-state index is 0. The Morgan fingerprint density at radius 3 is 2.60 bits per heavy atom. The van der Waals surface area contributed by atoms with Crippen molar-refractivity contribution < 1.29 is 68.0 Å². The number of ether oxygens (including phenoxy) is 1. The fraction of sp³-hybridized carbons (Fsp3) is 1.00. The van der Waals surface area contributed by atoms with E-state index in [0.29, 0.717) is 18.1 Å². The van der Waals surface area contributed by atoms with Gasteiger partial charge in [-0.1, -0.05) is 44.4 Å². The average molecular weight is 352 g/mol. The Balaban J connectivity index is 0.00000147. The number of rotatable bonds is 3. The van der Waals surface area contributed by atoms with Crippen LogP contribution in [0.5, 0.6) is 0 Å². The van der Waals surface area contributed by atoms with Gasteiger partial charge in [-0.25, -0.2) is 0 Å². The molecule has 1 aliphatic heterocycles. The molecule has 3 rings (SSSR count). The molecule has 0 spiro atoms. The van der Waals surface area contributed by atoms with Crippen molar-refractivity contribution >= 4 is 0 Å². The minimum atomic E-state index is -0.147. The Kier molecular flexibility index (Phi) is 8.20. The Morgan fingerprint density at radius 1 is 1.00 bits per heavy atom. The molecule has 20 heavy (non-hydrogen) atoms. The minimum Gasteiger partial charge on any atom is -0.657 e. The summed E-state index contributed by atoms with van der Waals surface area (Å²) in [5, 5.41) is 15.0. The molecule has 0 bridgehead atoms. The summed E-state index contributed by atoms with van der Waals surface area (Å²) >= 11 is 0. The van der Waals surface area contributed by atoms with Gasteiger partial charge < -0.3 is 15.2 Å². The largest absolute Gasteiger partial charge is 1.00 e. The second-order valence-corrected chi connectivity index (χ2v) is 6.79. The average Bonchev–Trinajstić information content (AvgIpc) is 2.47. The van der Waals surface area contributed by atoms with Crippen LogP contribution in [-0.4, -0.2) is 36.5 Å². The Bertz CT molecular complexity index is 284. The van der Waals surface area contributed by atoms with Gasteiger partial charge in [0.25, 0.3) is 0 Å². The fourth-order valence-corrected chi connectivity index (χ4v) is 4.13. The van der Waals surface area contributed by atoms with E-state index in [1.165, 1.54) is 32.1 Å². The molecule has 4 atom stereocenters. The molecular formula is C16H28NO2Rb. The van der Waals surface area contributed by atoms with E-state index in [0.717, 1.165) is 44.8 Å². The first kappa shape index (κ1) is 18.0. The van der Waals surface area contributed by atoms with E-state index in [2.05, 4.69) is 0 Å². The quantitative estimate of drug-likeness (QED) is 0.793.